The van der Waals surface area contributed by atoms with Gasteiger partial charge in [-0.2, -0.15) is 5.26 Å². The predicted octanol–water partition coefficient (Wildman–Crippen LogP) is 2.89. The van der Waals surface area contributed by atoms with Crippen molar-refractivity contribution >= 4 is 11.4 Å². The van der Waals surface area contributed by atoms with E-state index in [-0.39, 0.29) is 0 Å². The molecule has 0 atom stereocenters. The summed E-state index contributed by atoms with van der Waals surface area (Å²) in [5.41, 5.74) is 2.97. The summed E-state index contributed by atoms with van der Waals surface area (Å²) in [5.74, 6) is 0.884. The minimum Gasteiger partial charge on any atom is -0.497 e. The minimum absolute atomic E-state index is 0.748. The van der Waals surface area contributed by atoms with Gasteiger partial charge in [0.2, 0.25) is 0 Å². The van der Waals surface area contributed by atoms with E-state index in [1.165, 1.54) is 5.69 Å². The molecule has 1 aliphatic heterocycles. The van der Waals surface area contributed by atoms with Gasteiger partial charge >= 0.3 is 0 Å². The van der Waals surface area contributed by atoms with Crippen molar-refractivity contribution in [2.24, 2.45) is 0 Å². The number of methoxy groups -OCH3 is 1. The van der Waals surface area contributed by atoms with Gasteiger partial charge in [-0.25, -0.2) is 0 Å². The van der Waals surface area contributed by atoms with Gasteiger partial charge in [0.05, 0.1) is 18.4 Å². The van der Waals surface area contributed by atoms with E-state index < -0.39 is 0 Å². The van der Waals surface area contributed by atoms with Crippen LogP contribution in [0, 0.1) is 11.3 Å². The molecule has 112 valence electrons. The van der Waals surface area contributed by atoms with Crippen LogP contribution in [-0.2, 0) is 0 Å². The molecule has 2 aromatic carbocycles. The van der Waals surface area contributed by atoms with Crippen LogP contribution in [0.15, 0.2) is 48.5 Å². The SMILES string of the molecule is COc1cccc(N2CCN(c3ccccc3C#N)CC2)c1. The predicted molar refractivity (Wildman–Crippen MR) is 88.6 cm³/mol. The van der Waals surface area contributed by atoms with Crippen LogP contribution in [0.5, 0.6) is 5.75 Å². The average molecular weight is 293 g/mol. The topological polar surface area (TPSA) is 39.5 Å². The Balaban J connectivity index is 1.71. The van der Waals surface area contributed by atoms with Crippen molar-refractivity contribution < 1.29 is 4.74 Å². The molecule has 4 nitrogen and oxygen atoms in total. The molecule has 0 spiro atoms. The fourth-order valence-electron chi connectivity index (χ4n) is 2.86. The summed E-state index contributed by atoms with van der Waals surface area (Å²) in [6, 6.07) is 18.2. The lowest BCUT2D eigenvalue weighted by Gasteiger charge is -2.37. The average Bonchev–Trinajstić information content (AvgIpc) is 2.62. The van der Waals surface area contributed by atoms with Gasteiger partial charge < -0.3 is 14.5 Å². The fraction of sp³-hybridized carbons (Fsp3) is 0.278. The first-order valence-corrected chi connectivity index (χ1v) is 7.45. The van der Waals surface area contributed by atoms with E-state index in [4.69, 9.17) is 4.74 Å². The molecule has 0 saturated carbocycles. The largest absolute Gasteiger partial charge is 0.497 e. The third-order valence-corrected chi connectivity index (χ3v) is 4.06. The highest BCUT2D eigenvalue weighted by Crippen LogP contribution is 2.25. The molecule has 22 heavy (non-hydrogen) atoms. The summed E-state index contributed by atoms with van der Waals surface area (Å²) in [5, 5.41) is 9.24. The molecule has 1 heterocycles. The minimum atomic E-state index is 0.748. The van der Waals surface area contributed by atoms with E-state index >= 15 is 0 Å². The molecule has 0 aliphatic carbocycles. The zero-order chi connectivity index (χ0) is 15.4. The molecule has 2 aromatic rings. The molecule has 0 bridgehead atoms. The Morgan fingerprint density at radius 2 is 1.68 bits per heavy atom. The third kappa shape index (κ3) is 2.84. The van der Waals surface area contributed by atoms with Gasteiger partial charge in [0, 0.05) is 37.9 Å². The first-order chi connectivity index (χ1) is 10.8. The van der Waals surface area contributed by atoms with E-state index in [0.29, 0.717) is 0 Å². The van der Waals surface area contributed by atoms with Crippen molar-refractivity contribution in [1.82, 2.24) is 0 Å². The number of benzene rings is 2. The second-order valence-electron chi connectivity index (χ2n) is 5.30. The van der Waals surface area contributed by atoms with E-state index in [1.54, 1.807) is 7.11 Å². The number of para-hydroxylation sites is 1. The van der Waals surface area contributed by atoms with Crippen LogP contribution >= 0.6 is 0 Å². The molecule has 3 rings (SSSR count). The van der Waals surface area contributed by atoms with Gasteiger partial charge in [-0.1, -0.05) is 18.2 Å². The van der Waals surface area contributed by atoms with Gasteiger partial charge in [0.1, 0.15) is 11.8 Å². The molecule has 1 aliphatic rings. The Bertz CT molecular complexity index is 685. The standard InChI is InChI=1S/C18H19N3O/c1-22-17-7-4-6-16(13-17)20-9-11-21(12-10-20)18-8-3-2-5-15(18)14-19/h2-8,13H,9-12H2,1H3. The first kappa shape index (κ1) is 14.3. The molecule has 0 amide bonds. The van der Waals surface area contributed by atoms with Crippen LogP contribution in [0.4, 0.5) is 11.4 Å². The molecule has 0 radical (unpaired) electrons. The lowest BCUT2D eigenvalue weighted by Crippen LogP contribution is -2.46. The van der Waals surface area contributed by atoms with Crippen LogP contribution in [-0.4, -0.2) is 33.3 Å². The third-order valence-electron chi connectivity index (χ3n) is 4.06. The zero-order valence-corrected chi connectivity index (χ0v) is 12.7. The van der Waals surface area contributed by atoms with E-state index in [2.05, 4.69) is 28.0 Å². The Hall–Kier alpha value is -2.67. The summed E-state index contributed by atoms with van der Waals surface area (Å²) in [6.07, 6.45) is 0. The molecular weight excluding hydrogens is 274 g/mol. The van der Waals surface area contributed by atoms with Crippen molar-refractivity contribution in [1.29, 1.82) is 5.26 Å². The highest BCUT2D eigenvalue weighted by molar-refractivity contribution is 5.60. The highest BCUT2D eigenvalue weighted by atomic mass is 16.5. The molecule has 0 aromatic heterocycles. The lowest BCUT2D eigenvalue weighted by molar-refractivity contribution is 0.414. The van der Waals surface area contributed by atoms with Crippen LogP contribution in [0.3, 0.4) is 0 Å². The van der Waals surface area contributed by atoms with Crippen molar-refractivity contribution in [3.8, 4) is 11.8 Å². The second-order valence-corrected chi connectivity index (χ2v) is 5.30. The maximum Gasteiger partial charge on any atom is 0.120 e. The Labute approximate surface area is 131 Å². The van der Waals surface area contributed by atoms with E-state index in [0.717, 1.165) is 43.2 Å². The number of rotatable bonds is 3. The quantitative estimate of drug-likeness (QED) is 0.872. The normalized spacial score (nSPS) is 14.5. The monoisotopic (exact) mass is 293 g/mol. The number of anilines is 2. The van der Waals surface area contributed by atoms with Crippen molar-refractivity contribution in [3.05, 3.63) is 54.1 Å². The van der Waals surface area contributed by atoms with E-state index in [9.17, 15) is 5.26 Å². The zero-order valence-electron chi connectivity index (χ0n) is 12.7. The van der Waals surface area contributed by atoms with Crippen molar-refractivity contribution in [3.63, 3.8) is 0 Å². The molecule has 4 heteroatoms. The summed E-state index contributed by atoms with van der Waals surface area (Å²) in [4.78, 5) is 4.64. The molecule has 0 unspecified atom stereocenters. The first-order valence-electron chi connectivity index (χ1n) is 7.45. The number of hydrogen-bond acceptors (Lipinski definition) is 4. The van der Waals surface area contributed by atoms with Crippen LogP contribution in [0.2, 0.25) is 0 Å². The number of nitriles is 1. The molecular formula is C18H19N3O. The summed E-state index contributed by atoms with van der Waals surface area (Å²) < 4.78 is 5.29. The second kappa shape index (κ2) is 6.40. The molecule has 1 saturated heterocycles. The number of nitrogens with zero attached hydrogens (tertiary/aromatic N) is 3. The van der Waals surface area contributed by atoms with Gasteiger partial charge in [-0.15, -0.1) is 0 Å². The van der Waals surface area contributed by atoms with Crippen molar-refractivity contribution in [2.45, 2.75) is 0 Å². The molecule has 1 fully saturated rings. The Morgan fingerprint density at radius 3 is 2.41 bits per heavy atom. The van der Waals surface area contributed by atoms with Crippen LogP contribution in [0.1, 0.15) is 5.56 Å². The van der Waals surface area contributed by atoms with E-state index in [1.807, 2.05) is 36.4 Å². The fourth-order valence-corrected chi connectivity index (χ4v) is 2.86. The summed E-state index contributed by atoms with van der Waals surface area (Å²) in [7, 11) is 1.69. The Morgan fingerprint density at radius 1 is 0.955 bits per heavy atom. The number of ether oxygens (including phenoxy) is 1. The lowest BCUT2D eigenvalue weighted by atomic mass is 10.1. The smallest absolute Gasteiger partial charge is 0.120 e. The van der Waals surface area contributed by atoms with Crippen LogP contribution < -0.4 is 14.5 Å². The van der Waals surface area contributed by atoms with Crippen molar-refractivity contribution in [2.75, 3.05) is 43.1 Å². The number of piperazine rings is 1. The summed E-state index contributed by atoms with van der Waals surface area (Å²) >= 11 is 0. The van der Waals surface area contributed by atoms with Gasteiger partial charge in [0.15, 0.2) is 0 Å². The van der Waals surface area contributed by atoms with Gasteiger partial charge in [0.25, 0.3) is 0 Å². The van der Waals surface area contributed by atoms with Gasteiger partial charge in [-0.3, -0.25) is 0 Å². The van der Waals surface area contributed by atoms with Gasteiger partial charge in [-0.05, 0) is 24.3 Å². The maximum atomic E-state index is 9.24. The number of hydrogen-bond donors (Lipinski definition) is 0. The Kier molecular flexibility index (Phi) is 4.15. The molecule has 0 N–H and O–H groups in total. The highest BCUT2D eigenvalue weighted by Gasteiger charge is 2.19. The van der Waals surface area contributed by atoms with Crippen LogP contribution in [0.25, 0.3) is 0 Å². The summed E-state index contributed by atoms with van der Waals surface area (Å²) in [6.45, 7) is 3.70. The maximum absolute atomic E-state index is 9.24.